The van der Waals surface area contributed by atoms with Gasteiger partial charge in [-0.3, -0.25) is 19.7 Å². The summed E-state index contributed by atoms with van der Waals surface area (Å²) in [6, 6.07) is 4.32. The second kappa shape index (κ2) is 7.51. The van der Waals surface area contributed by atoms with Crippen LogP contribution in [0, 0.1) is 24.0 Å². The first-order valence-electron chi connectivity index (χ1n) is 9.03. The average molecular weight is 407 g/mol. The van der Waals surface area contributed by atoms with Gasteiger partial charge in [0.25, 0.3) is 5.69 Å². The summed E-state index contributed by atoms with van der Waals surface area (Å²) >= 11 is 0. The molecule has 1 aromatic heterocycles. The van der Waals surface area contributed by atoms with Crippen LogP contribution >= 0.6 is 0 Å². The highest BCUT2D eigenvalue weighted by molar-refractivity contribution is 7.90. The lowest BCUT2D eigenvalue weighted by atomic mass is 10.1. The highest BCUT2D eigenvalue weighted by Crippen LogP contribution is 2.29. The van der Waals surface area contributed by atoms with E-state index < -0.39 is 14.8 Å². The van der Waals surface area contributed by atoms with Crippen LogP contribution in [0.25, 0.3) is 0 Å². The van der Waals surface area contributed by atoms with Crippen molar-refractivity contribution in [2.45, 2.75) is 25.3 Å². The lowest BCUT2D eigenvalue weighted by molar-refractivity contribution is -0.387. The van der Waals surface area contributed by atoms with Crippen molar-refractivity contribution in [2.24, 2.45) is 7.05 Å². The molecule has 10 heteroatoms. The summed E-state index contributed by atoms with van der Waals surface area (Å²) in [6.45, 7) is 7.99. The van der Waals surface area contributed by atoms with Crippen LogP contribution in [0.15, 0.2) is 23.1 Å². The van der Waals surface area contributed by atoms with E-state index in [0.717, 1.165) is 50.4 Å². The number of nitrogens with zero attached hydrogens (tertiary/aromatic N) is 5. The molecule has 0 amide bonds. The third kappa shape index (κ3) is 4.02. The molecular weight excluding hydrogens is 382 g/mol. The largest absolute Gasteiger partial charge is 0.369 e. The number of hydrogen-bond donors (Lipinski definition) is 0. The van der Waals surface area contributed by atoms with Gasteiger partial charge in [0.05, 0.1) is 10.6 Å². The Kier molecular flexibility index (Phi) is 5.44. The van der Waals surface area contributed by atoms with E-state index in [9.17, 15) is 18.5 Å². The summed E-state index contributed by atoms with van der Waals surface area (Å²) in [5.41, 5.74) is 3.75. The summed E-state index contributed by atoms with van der Waals surface area (Å²) in [7, 11) is -1.74. The predicted molar refractivity (Wildman–Crippen MR) is 106 cm³/mol. The highest BCUT2D eigenvalue weighted by Gasteiger charge is 2.25. The van der Waals surface area contributed by atoms with Gasteiger partial charge in [-0.05, 0) is 26.0 Å². The van der Waals surface area contributed by atoms with E-state index in [2.05, 4.69) is 21.8 Å². The normalized spacial score (nSPS) is 15.8. The fourth-order valence-electron chi connectivity index (χ4n) is 3.58. The van der Waals surface area contributed by atoms with E-state index >= 15 is 0 Å². The second-order valence-electron chi connectivity index (χ2n) is 7.22. The van der Waals surface area contributed by atoms with E-state index in [1.165, 1.54) is 17.7 Å². The molecule has 28 heavy (non-hydrogen) atoms. The van der Waals surface area contributed by atoms with Crippen LogP contribution in [0.1, 0.15) is 17.0 Å². The highest BCUT2D eigenvalue weighted by atomic mass is 32.2. The van der Waals surface area contributed by atoms with Crippen molar-refractivity contribution in [3.63, 3.8) is 0 Å². The van der Waals surface area contributed by atoms with Gasteiger partial charge in [0.15, 0.2) is 9.84 Å². The molecule has 0 bridgehead atoms. The summed E-state index contributed by atoms with van der Waals surface area (Å²) in [6.07, 6.45) is 0.996. The summed E-state index contributed by atoms with van der Waals surface area (Å²) in [4.78, 5) is 14.7. The van der Waals surface area contributed by atoms with Gasteiger partial charge < -0.3 is 4.90 Å². The molecule has 3 rings (SSSR count). The molecular formula is C18H25N5O4S. The number of piperazine rings is 1. The van der Waals surface area contributed by atoms with Crippen LogP contribution in [0.3, 0.4) is 0 Å². The molecule has 1 fully saturated rings. The molecule has 2 heterocycles. The van der Waals surface area contributed by atoms with Crippen molar-refractivity contribution in [3.8, 4) is 0 Å². The summed E-state index contributed by atoms with van der Waals surface area (Å²) in [5.74, 6) is 0. The summed E-state index contributed by atoms with van der Waals surface area (Å²) < 4.78 is 25.8. The Labute approximate surface area is 164 Å². The molecule has 0 N–H and O–H groups in total. The SMILES string of the molecule is Cc1nn(C)c(C)c1CN1CCN(c2ccc([N+](=O)[O-])c(S(C)(=O)=O)c2)CC1. The van der Waals surface area contributed by atoms with Gasteiger partial charge in [0.2, 0.25) is 0 Å². The zero-order chi connectivity index (χ0) is 20.6. The molecule has 2 aromatic rings. The molecule has 0 radical (unpaired) electrons. The Morgan fingerprint density at radius 3 is 2.32 bits per heavy atom. The van der Waals surface area contributed by atoms with E-state index in [4.69, 9.17) is 0 Å². The number of nitro benzene ring substituents is 1. The number of aryl methyl sites for hydroxylation is 2. The number of hydrogen-bond acceptors (Lipinski definition) is 7. The van der Waals surface area contributed by atoms with Crippen LogP contribution < -0.4 is 4.90 Å². The molecule has 1 aliphatic rings. The first-order valence-corrected chi connectivity index (χ1v) is 10.9. The number of benzene rings is 1. The van der Waals surface area contributed by atoms with E-state index in [0.29, 0.717) is 5.69 Å². The standard InChI is InChI=1S/C18H25N5O4S/c1-13-16(14(2)20(3)19-13)12-21-7-9-22(10-8-21)15-5-6-17(23(24)25)18(11-15)28(4,26)27/h5-6,11H,7-10,12H2,1-4H3. The minimum absolute atomic E-state index is 0.237. The van der Waals surface area contributed by atoms with Gasteiger partial charge in [-0.2, -0.15) is 5.10 Å². The van der Waals surface area contributed by atoms with Crippen LogP contribution in [-0.4, -0.2) is 60.5 Å². The van der Waals surface area contributed by atoms with Gasteiger partial charge in [-0.1, -0.05) is 0 Å². The van der Waals surface area contributed by atoms with Crippen LogP contribution in [-0.2, 0) is 23.4 Å². The molecule has 1 saturated heterocycles. The Bertz CT molecular complexity index is 1010. The van der Waals surface area contributed by atoms with Gasteiger partial charge in [-0.25, -0.2) is 8.42 Å². The number of sulfone groups is 1. The van der Waals surface area contributed by atoms with Crippen molar-refractivity contribution in [2.75, 3.05) is 37.3 Å². The topological polar surface area (TPSA) is 102 Å². The molecule has 152 valence electrons. The van der Waals surface area contributed by atoms with Crippen LogP contribution in [0.5, 0.6) is 0 Å². The van der Waals surface area contributed by atoms with Crippen molar-refractivity contribution < 1.29 is 13.3 Å². The quantitative estimate of drug-likeness (QED) is 0.549. The van der Waals surface area contributed by atoms with Gasteiger partial charge >= 0.3 is 0 Å². The number of rotatable bonds is 5. The zero-order valence-electron chi connectivity index (χ0n) is 16.5. The molecule has 0 atom stereocenters. The maximum Gasteiger partial charge on any atom is 0.288 e. The molecule has 0 aliphatic carbocycles. The maximum absolute atomic E-state index is 12.0. The van der Waals surface area contributed by atoms with E-state index in [1.807, 2.05) is 18.7 Å². The third-order valence-corrected chi connectivity index (χ3v) is 6.44. The molecule has 0 spiro atoms. The Morgan fingerprint density at radius 1 is 1.18 bits per heavy atom. The minimum atomic E-state index is -3.69. The Balaban J connectivity index is 1.74. The minimum Gasteiger partial charge on any atom is -0.369 e. The third-order valence-electron chi connectivity index (χ3n) is 5.32. The van der Waals surface area contributed by atoms with Crippen molar-refractivity contribution in [1.82, 2.24) is 14.7 Å². The van der Waals surface area contributed by atoms with Gasteiger partial charge in [0.1, 0.15) is 4.90 Å². The summed E-state index contributed by atoms with van der Waals surface area (Å²) in [5, 5.41) is 15.6. The fourth-order valence-corrected chi connectivity index (χ4v) is 4.44. The van der Waals surface area contributed by atoms with E-state index in [-0.39, 0.29) is 10.6 Å². The average Bonchev–Trinajstić information content (AvgIpc) is 2.87. The predicted octanol–water partition coefficient (Wildman–Crippen LogP) is 1.67. The smallest absolute Gasteiger partial charge is 0.288 e. The molecule has 1 aromatic carbocycles. The Hall–Kier alpha value is -2.46. The molecule has 0 unspecified atom stereocenters. The first kappa shape index (κ1) is 20.3. The van der Waals surface area contributed by atoms with Crippen molar-refractivity contribution in [3.05, 3.63) is 45.3 Å². The van der Waals surface area contributed by atoms with Crippen LogP contribution in [0.2, 0.25) is 0 Å². The van der Waals surface area contributed by atoms with Gasteiger partial charge in [-0.15, -0.1) is 0 Å². The Morgan fingerprint density at radius 2 is 1.82 bits per heavy atom. The van der Waals surface area contributed by atoms with Gasteiger partial charge in [0, 0.05) is 69.0 Å². The van der Waals surface area contributed by atoms with Crippen LogP contribution in [0.4, 0.5) is 11.4 Å². The fraction of sp³-hybridized carbons (Fsp3) is 0.500. The molecule has 0 saturated carbocycles. The molecule has 1 aliphatic heterocycles. The zero-order valence-corrected chi connectivity index (χ0v) is 17.4. The first-order chi connectivity index (χ1) is 13.1. The number of nitro groups is 1. The van der Waals surface area contributed by atoms with E-state index in [1.54, 1.807) is 6.07 Å². The molecule has 9 nitrogen and oxygen atoms in total. The number of anilines is 1. The maximum atomic E-state index is 12.0. The lowest BCUT2D eigenvalue weighted by Crippen LogP contribution is -2.46. The van der Waals surface area contributed by atoms with Crippen molar-refractivity contribution in [1.29, 1.82) is 0 Å². The second-order valence-corrected chi connectivity index (χ2v) is 9.20. The monoisotopic (exact) mass is 407 g/mol. The number of aromatic nitrogens is 2. The van der Waals surface area contributed by atoms with Crippen molar-refractivity contribution >= 4 is 21.2 Å². The lowest BCUT2D eigenvalue weighted by Gasteiger charge is -2.36.